The van der Waals surface area contributed by atoms with Crippen molar-refractivity contribution in [1.29, 1.82) is 0 Å². The van der Waals surface area contributed by atoms with Gasteiger partial charge >= 0.3 is 5.97 Å². The minimum absolute atomic E-state index is 0.0621. The van der Waals surface area contributed by atoms with Crippen LogP contribution in [0.1, 0.15) is 78.1 Å². The fourth-order valence-corrected chi connectivity index (χ4v) is 7.48. The molecule has 0 radical (unpaired) electrons. The minimum Gasteiger partial charge on any atom is -0.481 e. The second kappa shape index (κ2) is 6.07. The van der Waals surface area contributed by atoms with Crippen LogP contribution in [0.5, 0.6) is 0 Å². The number of carbonyl (C=O) groups is 1. The molecule has 4 nitrogen and oxygen atoms in total. The van der Waals surface area contributed by atoms with Crippen molar-refractivity contribution >= 4 is 5.97 Å². The van der Waals surface area contributed by atoms with Crippen LogP contribution in [0.3, 0.4) is 0 Å². The lowest BCUT2D eigenvalue weighted by Gasteiger charge is -2.59. The molecular formula is C22H34O4. The van der Waals surface area contributed by atoms with Gasteiger partial charge in [-0.3, -0.25) is 4.79 Å². The van der Waals surface area contributed by atoms with Gasteiger partial charge in [-0.05, 0) is 86.4 Å². The van der Waals surface area contributed by atoms with E-state index in [-0.39, 0.29) is 23.4 Å². The first-order valence-corrected chi connectivity index (χ1v) is 10.5. The lowest BCUT2D eigenvalue weighted by Crippen LogP contribution is -2.54. The maximum Gasteiger partial charge on any atom is 0.303 e. The Labute approximate surface area is 156 Å². The van der Waals surface area contributed by atoms with Crippen LogP contribution in [0.25, 0.3) is 0 Å². The Hall–Kier alpha value is -0.870. The summed E-state index contributed by atoms with van der Waals surface area (Å²) in [6, 6.07) is 0. The van der Waals surface area contributed by atoms with Crippen LogP contribution in [0.4, 0.5) is 0 Å². The van der Waals surface area contributed by atoms with Crippen molar-refractivity contribution in [3.63, 3.8) is 0 Å². The number of carboxylic acids is 1. The summed E-state index contributed by atoms with van der Waals surface area (Å²) >= 11 is 0. The monoisotopic (exact) mass is 362 g/mol. The molecule has 4 rings (SSSR count). The SMILES string of the molecule is C[C@]12CC[C@@H](O)CC1=CC[C@H]1[C@H]2CC[C@@]2(C)[C@H]1CC[C@@]2(O)CCC(=O)O. The molecule has 3 saturated carbocycles. The van der Waals surface area contributed by atoms with Crippen LogP contribution in [0.15, 0.2) is 11.6 Å². The summed E-state index contributed by atoms with van der Waals surface area (Å²) in [5.41, 5.74) is 0.708. The molecule has 0 amide bonds. The van der Waals surface area contributed by atoms with Gasteiger partial charge in [0.2, 0.25) is 0 Å². The molecule has 0 heterocycles. The quantitative estimate of drug-likeness (QED) is 0.665. The Balaban J connectivity index is 1.61. The highest BCUT2D eigenvalue weighted by Crippen LogP contribution is 2.67. The van der Waals surface area contributed by atoms with Gasteiger partial charge in [0.25, 0.3) is 0 Å². The molecule has 3 N–H and O–H groups in total. The summed E-state index contributed by atoms with van der Waals surface area (Å²) in [6.07, 6.45) is 10.5. The molecule has 4 aliphatic rings. The summed E-state index contributed by atoms with van der Waals surface area (Å²) in [5.74, 6) is 0.922. The molecular weight excluding hydrogens is 328 g/mol. The third kappa shape index (κ3) is 2.51. The van der Waals surface area contributed by atoms with E-state index in [0.717, 1.165) is 51.4 Å². The zero-order valence-electron chi connectivity index (χ0n) is 16.2. The Morgan fingerprint density at radius 3 is 2.62 bits per heavy atom. The molecule has 0 aliphatic heterocycles. The molecule has 26 heavy (non-hydrogen) atoms. The molecule has 0 unspecified atom stereocenters. The van der Waals surface area contributed by atoms with Crippen molar-refractivity contribution in [2.24, 2.45) is 28.6 Å². The first kappa shape index (κ1) is 18.5. The number of hydrogen-bond donors (Lipinski definition) is 3. The first-order valence-electron chi connectivity index (χ1n) is 10.5. The summed E-state index contributed by atoms with van der Waals surface area (Å²) in [6.45, 7) is 4.64. The average Bonchev–Trinajstić information content (AvgIpc) is 2.86. The van der Waals surface area contributed by atoms with Gasteiger partial charge in [0.15, 0.2) is 0 Å². The van der Waals surface area contributed by atoms with Crippen molar-refractivity contribution in [1.82, 2.24) is 0 Å². The third-order valence-electron chi connectivity index (χ3n) is 9.15. The molecule has 0 aromatic heterocycles. The predicted octanol–water partition coefficient (Wildman–Crippen LogP) is 3.91. The number of fused-ring (bicyclic) bond motifs is 5. The second-order valence-corrected chi connectivity index (χ2v) is 10.1. The smallest absolute Gasteiger partial charge is 0.303 e. The standard InChI is InChI=1S/C22H34O4/c1-20-9-5-15(23)13-14(20)3-4-16-17(20)6-10-21(2)18(16)7-11-22(21,26)12-8-19(24)25/h3,15-18,23,26H,4-13H2,1-2H3,(H,24,25)/t15-,16+,17-,18+,20+,21+,22-/m1/s1. The second-order valence-electron chi connectivity index (χ2n) is 10.1. The van der Waals surface area contributed by atoms with Gasteiger partial charge in [-0.2, -0.15) is 0 Å². The number of aliphatic carboxylic acids is 1. The van der Waals surface area contributed by atoms with Crippen molar-refractivity contribution in [3.05, 3.63) is 11.6 Å². The van der Waals surface area contributed by atoms with Gasteiger partial charge in [0.1, 0.15) is 0 Å². The Bertz CT molecular complexity index is 628. The maximum atomic E-state index is 11.4. The molecule has 7 atom stereocenters. The lowest BCUT2D eigenvalue weighted by molar-refractivity contribution is -0.146. The highest BCUT2D eigenvalue weighted by Gasteiger charge is 2.63. The molecule has 146 valence electrons. The average molecular weight is 363 g/mol. The van der Waals surface area contributed by atoms with Crippen LogP contribution >= 0.6 is 0 Å². The summed E-state index contributed by atoms with van der Waals surface area (Å²) in [5, 5.41) is 30.6. The van der Waals surface area contributed by atoms with Crippen LogP contribution in [-0.2, 0) is 4.79 Å². The molecule has 4 aliphatic carbocycles. The Morgan fingerprint density at radius 1 is 1.15 bits per heavy atom. The van der Waals surface area contributed by atoms with Gasteiger partial charge in [-0.25, -0.2) is 0 Å². The van der Waals surface area contributed by atoms with Gasteiger partial charge in [0, 0.05) is 6.42 Å². The zero-order chi connectivity index (χ0) is 18.7. The normalized spacial score (nSPS) is 50.4. The molecule has 0 spiro atoms. The fourth-order valence-electron chi connectivity index (χ4n) is 7.48. The van der Waals surface area contributed by atoms with Gasteiger partial charge in [0.05, 0.1) is 11.7 Å². The van der Waals surface area contributed by atoms with E-state index in [1.807, 2.05) is 0 Å². The van der Waals surface area contributed by atoms with E-state index in [4.69, 9.17) is 5.11 Å². The van der Waals surface area contributed by atoms with Gasteiger partial charge in [-0.15, -0.1) is 0 Å². The molecule has 3 fully saturated rings. The highest BCUT2D eigenvalue weighted by atomic mass is 16.4. The van der Waals surface area contributed by atoms with Crippen molar-refractivity contribution in [2.75, 3.05) is 0 Å². The topological polar surface area (TPSA) is 77.8 Å². The van der Waals surface area contributed by atoms with Crippen LogP contribution in [0.2, 0.25) is 0 Å². The molecule has 0 saturated heterocycles. The Morgan fingerprint density at radius 2 is 1.88 bits per heavy atom. The summed E-state index contributed by atoms with van der Waals surface area (Å²) in [7, 11) is 0. The molecule has 0 aromatic carbocycles. The van der Waals surface area contributed by atoms with E-state index >= 15 is 0 Å². The van der Waals surface area contributed by atoms with E-state index in [9.17, 15) is 15.0 Å². The van der Waals surface area contributed by atoms with Crippen molar-refractivity contribution in [2.45, 2.75) is 89.8 Å². The number of rotatable bonds is 3. The van der Waals surface area contributed by atoms with Crippen molar-refractivity contribution in [3.8, 4) is 0 Å². The third-order valence-corrected chi connectivity index (χ3v) is 9.15. The summed E-state index contributed by atoms with van der Waals surface area (Å²) in [4.78, 5) is 11.1. The number of allylic oxidation sites excluding steroid dienone is 1. The molecule has 0 aromatic rings. The maximum absolute atomic E-state index is 11.4. The molecule has 0 bridgehead atoms. The van der Waals surface area contributed by atoms with E-state index < -0.39 is 11.6 Å². The fraction of sp³-hybridized carbons (Fsp3) is 0.864. The Kier molecular flexibility index (Phi) is 4.31. The highest BCUT2D eigenvalue weighted by molar-refractivity contribution is 5.66. The number of hydrogen-bond acceptors (Lipinski definition) is 3. The number of aliphatic hydroxyl groups excluding tert-OH is 1. The zero-order valence-corrected chi connectivity index (χ0v) is 16.2. The first-order chi connectivity index (χ1) is 12.2. The van der Waals surface area contributed by atoms with Crippen LogP contribution in [0, 0.1) is 28.6 Å². The van der Waals surface area contributed by atoms with Gasteiger partial charge < -0.3 is 15.3 Å². The largest absolute Gasteiger partial charge is 0.481 e. The van der Waals surface area contributed by atoms with Gasteiger partial charge in [-0.1, -0.05) is 25.5 Å². The van der Waals surface area contributed by atoms with E-state index in [1.54, 1.807) is 0 Å². The minimum atomic E-state index is -0.825. The van der Waals surface area contributed by atoms with E-state index in [1.165, 1.54) is 5.57 Å². The van der Waals surface area contributed by atoms with Crippen LogP contribution < -0.4 is 0 Å². The van der Waals surface area contributed by atoms with Crippen LogP contribution in [-0.4, -0.2) is 33.0 Å². The van der Waals surface area contributed by atoms with E-state index in [0.29, 0.717) is 24.2 Å². The van der Waals surface area contributed by atoms with E-state index in [2.05, 4.69) is 19.9 Å². The predicted molar refractivity (Wildman–Crippen MR) is 99.5 cm³/mol. The molecule has 4 heteroatoms. The number of carboxylic acid groups (broad SMARTS) is 1. The summed E-state index contributed by atoms with van der Waals surface area (Å²) < 4.78 is 0. The number of aliphatic hydroxyl groups is 2. The lowest BCUT2D eigenvalue weighted by atomic mass is 9.47. The van der Waals surface area contributed by atoms with Crippen molar-refractivity contribution < 1.29 is 20.1 Å².